The molecule has 12 nitrogen and oxygen atoms in total. The third-order valence-electron chi connectivity index (χ3n) is 5.19. The van der Waals surface area contributed by atoms with E-state index in [2.05, 4.69) is 31.1 Å². The van der Waals surface area contributed by atoms with Crippen molar-refractivity contribution >= 4 is 24.0 Å². The van der Waals surface area contributed by atoms with Crippen molar-refractivity contribution in [3.05, 3.63) is 12.2 Å². The summed E-state index contributed by atoms with van der Waals surface area (Å²) in [5.41, 5.74) is -1.01. The fourth-order valence-electron chi connectivity index (χ4n) is 3.32. The van der Waals surface area contributed by atoms with Gasteiger partial charge in [0.2, 0.25) is 11.8 Å². The molecule has 40 heavy (non-hydrogen) atoms. The molecule has 4 N–H and O–H groups in total. The molecular weight excluding hydrogens is 516 g/mol. The summed E-state index contributed by atoms with van der Waals surface area (Å²) >= 11 is 0. The van der Waals surface area contributed by atoms with Crippen molar-refractivity contribution in [2.45, 2.75) is 78.4 Å². The van der Waals surface area contributed by atoms with Crippen LogP contribution in [0.15, 0.2) is 12.2 Å². The molecule has 12 heteroatoms. The van der Waals surface area contributed by atoms with E-state index in [4.69, 9.17) is 9.47 Å². The fourth-order valence-corrected chi connectivity index (χ4v) is 3.32. The van der Waals surface area contributed by atoms with E-state index < -0.39 is 23.4 Å². The van der Waals surface area contributed by atoms with Gasteiger partial charge in [0.05, 0.1) is 0 Å². The van der Waals surface area contributed by atoms with Gasteiger partial charge in [0, 0.05) is 38.3 Å². The number of nitrogens with zero attached hydrogens (tertiary/aromatic N) is 2. The maximum absolute atomic E-state index is 11.9. The van der Waals surface area contributed by atoms with Gasteiger partial charge in [-0.25, -0.2) is 9.59 Å². The van der Waals surface area contributed by atoms with Crippen LogP contribution in [0.3, 0.4) is 0 Å². The molecule has 0 aliphatic heterocycles. The van der Waals surface area contributed by atoms with Crippen LogP contribution in [0.2, 0.25) is 0 Å². The lowest BCUT2D eigenvalue weighted by molar-refractivity contribution is -0.118. The van der Waals surface area contributed by atoms with E-state index in [0.29, 0.717) is 26.2 Å². The van der Waals surface area contributed by atoms with Crippen LogP contribution < -0.4 is 21.3 Å². The van der Waals surface area contributed by atoms with Crippen LogP contribution in [-0.4, -0.2) is 111 Å². The molecule has 0 aliphatic carbocycles. The van der Waals surface area contributed by atoms with Crippen molar-refractivity contribution in [3.63, 3.8) is 0 Å². The van der Waals surface area contributed by atoms with E-state index in [0.717, 1.165) is 51.9 Å². The zero-order valence-electron chi connectivity index (χ0n) is 26.0. The first kappa shape index (κ1) is 37.1. The third-order valence-corrected chi connectivity index (χ3v) is 5.19. The smallest absolute Gasteiger partial charge is 0.407 e. The van der Waals surface area contributed by atoms with E-state index in [1.165, 1.54) is 12.2 Å². The molecule has 0 radical (unpaired) electrons. The zero-order chi connectivity index (χ0) is 30.6. The summed E-state index contributed by atoms with van der Waals surface area (Å²) in [7, 11) is 3.97. The molecule has 232 valence electrons. The van der Waals surface area contributed by atoms with Crippen LogP contribution >= 0.6 is 0 Å². The number of rotatable bonds is 18. The number of hydrogen-bond acceptors (Lipinski definition) is 8. The Labute approximate surface area is 240 Å². The molecule has 0 spiro atoms. The number of hydrogen-bond donors (Lipinski definition) is 4. The summed E-state index contributed by atoms with van der Waals surface area (Å²) in [5, 5.41) is 11.0. The standard InChI is InChI=1S/C28H54N6O6/c1-27(2,3)39-25(37)31-17-11-21-33(7)19-9-15-29-23(35)13-14-24(36)30-16-10-20-34(8)22-12-18-32-26(38)40-28(4,5)6/h13-14H,9-12,15-22H2,1-8H3,(H,29,35)(H,30,36)(H,31,37)(H,32,38). The molecule has 0 aromatic carbocycles. The average molecular weight is 571 g/mol. The molecule has 0 unspecified atom stereocenters. The molecule has 0 aromatic rings. The SMILES string of the molecule is CN(CCCNC(=O)C=CC(=O)NCCCN(C)CCCNC(=O)OC(C)(C)C)CCCNC(=O)OC(C)(C)C. The summed E-state index contributed by atoms with van der Waals surface area (Å²) in [5.74, 6) is -0.613. The van der Waals surface area contributed by atoms with Gasteiger partial charge in [-0.1, -0.05) is 0 Å². The average Bonchev–Trinajstić information content (AvgIpc) is 2.81. The van der Waals surface area contributed by atoms with Crippen LogP contribution in [-0.2, 0) is 19.1 Å². The lowest BCUT2D eigenvalue weighted by atomic mass is 10.2. The summed E-state index contributed by atoms with van der Waals surface area (Å²) in [6, 6.07) is 0. The number of nitrogens with one attached hydrogen (secondary N) is 4. The highest BCUT2D eigenvalue weighted by Gasteiger charge is 2.16. The van der Waals surface area contributed by atoms with Gasteiger partial charge >= 0.3 is 12.2 Å². The van der Waals surface area contributed by atoms with Crippen molar-refractivity contribution in [3.8, 4) is 0 Å². The maximum Gasteiger partial charge on any atom is 0.407 e. The van der Waals surface area contributed by atoms with Crippen molar-refractivity contribution in [1.82, 2.24) is 31.1 Å². The van der Waals surface area contributed by atoms with Crippen LogP contribution in [0, 0.1) is 0 Å². The van der Waals surface area contributed by atoms with Gasteiger partial charge in [0.15, 0.2) is 0 Å². The first-order valence-electron chi connectivity index (χ1n) is 14.1. The number of carbonyl (C=O) groups excluding carboxylic acids is 4. The minimum Gasteiger partial charge on any atom is -0.444 e. The molecule has 0 atom stereocenters. The highest BCUT2D eigenvalue weighted by atomic mass is 16.6. The van der Waals surface area contributed by atoms with Gasteiger partial charge in [-0.3, -0.25) is 9.59 Å². The summed E-state index contributed by atoms with van der Waals surface area (Å²) in [4.78, 5) is 51.4. The predicted octanol–water partition coefficient (Wildman–Crippen LogP) is 2.25. The Kier molecular flexibility index (Phi) is 18.6. The van der Waals surface area contributed by atoms with Gasteiger partial charge in [0.1, 0.15) is 11.2 Å². The Balaban J connectivity index is 3.78. The first-order valence-corrected chi connectivity index (χ1v) is 14.1. The van der Waals surface area contributed by atoms with Crippen LogP contribution in [0.5, 0.6) is 0 Å². The Bertz CT molecular complexity index is 727. The Morgan fingerprint density at radius 2 is 0.825 bits per heavy atom. The fraction of sp³-hybridized carbons (Fsp3) is 0.786. The van der Waals surface area contributed by atoms with Crippen molar-refractivity contribution < 1.29 is 28.7 Å². The molecule has 0 aromatic heterocycles. The monoisotopic (exact) mass is 570 g/mol. The van der Waals surface area contributed by atoms with Crippen LogP contribution in [0.4, 0.5) is 9.59 Å². The predicted molar refractivity (Wildman–Crippen MR) is 157 cm³/mol. The summed E-state index contributed by atoms with van der Waals surface area (Å²) in [6.07, 6.45) is 4.79. The van der Waals surface area contributed by atoms with Crippen molar-refractivity contribution in [2.24, 2.45) is 0 Å². The van der Waals surface area contributed by atoms with Gasteiger partial charge in [0.25, 0.3) is 0 Å². The molecule has 0 bridgehead atoms. The second-order valence-corrected chi connectivity index (χ2v) is 11.8. The van der Waals surface area contributed by atoms with Crippen LogP contribution in [0.25, 0.3) is 0 Å². The number of carbonyl (C=O) groups is 4. The van der Waals surface area contributed by atoms with E-state index in [1.807, 2.05) is 55.6 Å². The lowest BCUT2D eigenvalue weighted by Crippen LogP contribution is -2.34. The largest absolute Gasteiger partial charge is 0.444 e. The normalized spacial score (nSPS) is 11.9. The molecule has 0 saturated carbocycles. The summed E-state index contributed by atoms with van der Waals surface area (Å²) < 4.78 is 10.4. The van der Waals surface area contributed by atoms with Gasteiger partial charge in [-0.2, -0.15) is 0 Å². The minimum absolute atomic E-state index is 0.306. The molecule has 4 amide bonds. The van der Waals surface area contributed by atoms with Crippen LogP contribution in [0.1, 0.15) is 67.2 Å². The summed E-state index contributed by atoms with van der Waals surface area (Å²) in [6.45, 7) is 16.3. The highest BCUT2D eigenvalue weighted by Crippen LogP contribution is 2.07. The molecular formula is C28H54N6O6. The maximum atomic E-state index is 11.9. The zero-order valence-corrected chi connectivity index (χ0v) is 26.0. The number of ether oxygens (including phenoxy) is 2. The van der Waals surface area contributed by atoms with E-state index in [1.54, 1.807) is 0 Å². The highest BCUT2D eigenvalue weighted by molar-refractivity contribution is 5.96. The molecule has 0 saturated heterocycles. The van der Waals surface area contributed by atoms with Crippen molar-refractivity contribution in [1.29, 1.82) is 0 Å². The van der Waals surface area contributed by atoms with Gasteiger partial charge in [-0.05, 0) is 108 Å². The molecule has 0 aliphatic rings. The second kappa shape index (κ2) is 20.1. The second-order valence-electron chi connectivity index (χ2n) is 11.8. The molecule has 0 fully saturated rings. The Morgan fingerprint density at radius 1 is 0.550 bits per heavy atom. The lowest BCUT2D eigenvalue weighted by Gasteiger charge is -2.20. The molecule has 0 heterocycles. The Hall–Kier alpha value is -2.86. The van der Waals surface area contributed by atoms with Gasteiger partial charge in [-0.15, -0.1) is 0 Å². The topological polar surface area (TPSA) is 141 Å². The van der Waals surface area contributed by atoms with Crippen molar-refractivity contribution in [2.75, 3.05) is 66.5 Å². The number of amides is 4. The minimum atomic E-state index is -0.506. The van der Waals surface area contributed by atoms with E-state index >= 15 is 0 Å². The third kappa shape index (κ3) is 25.4. The first-order chi connectivity index (χ1) is 18.6. The van der Waals surface area contributed by atoms with Gasteiger partial charge < -0.3 is 40.5 Å². The number of alkyl carbamates (subject to hydrolysis) is 2. The molecule has 0 rings (SSSR count). The quantitative estimate of drug-likeness (QED) is 0.145. The van der Waals surface area contributed by atoms with E-state index in [9.17, 15) is 19.2 Å². The van der Waals surface area contributed by atoms with E-state index in [-0.39, 0.29) is 11.8 Å². The Morgan fingerprint density at radius 3 is 1.10 bits per heavy atom.